The second-order valence-corrected chi connectivity index (χ2v) is 5.77. The van der Waals surface area contributed by atoms with E-state index in [2.05, 4.69) is 5.32 Å². The zero-order chi connectivity index (χ0) is 14.8. The molecule has 1 rings (SSSR count). The molecular weight excluding hydrogens is 246 g/mol. The van der Waals surface area contributed by atoms with Gasteiger partial charge in [-0.3, -0.25) is 19.8 Å². The van der Waals surface area contributed by atoms with E-state index in [0.29, 0.717) is 6.42 Å². The van der Waals surface area contributed by atoms with Crippen LogP contribution < -0.4 is 5.32 Å². The van der Waals surface area contributed by atoms with Gasteiger partial charge in [-0.25, -0.2) is 4.79 Å². The highest BCUT2D eigenvalue weighted by Gasteiger charge is 2.42. The van der Waals surface area contributed by atoms with Crippen molar-refractivity contribution in [1.82, 2.24) is 15.1 Å². The van der Waals surface area contributed by atoms with Crippen molar-refractivity contribution in [3.8, 4) is 0 Å². The molecule has 1 aliphatic rings. The summed E-state index contributed by atoms with van der Waals surface area (Å²) < 4.78 is 0. The smallest absolute Gasteiger partial charge is 0.302 e. The largest absolute Gasteiger partial charge is 0.330 e. The Hall–Kier alpha value is -1.43. The number of hydrogen-bond donors (Lipinski definition) is 1. The molecule has 6 nitrogen and oxygen atoms in total. The maximum atomic E-state index is 12.3. The number of likely N-dealkylation sites (N-methyl/N-ethyl adjacent to an activating group) is 1. The summed E-state index contributed by atoms with van der Waals surface area (Å²) in [5.41, 5.74) is -0.343. The summed E-state index contributed by atoms with van der Waals surface area (Å²) >= 11 is 0. The van der Waals surface area contributed by atoms with Gasteiger partial charge < -0.3 is 4.90 Å². The molecule has 1 aliphatic heterocycles. The highest BCUT2D eigenvalue weighted by molar-refractivity contribution is 6.16. The number of nitrogens with zero attached hydrogens (tertiary/aromatic N) is 2. The molecule has 0 saturated carbocycles. The fourth-order valence-corrected chi connectivity index (χ4v) is 1.88. The van der Waals surface area contributed by atoms with Gasteiger partial charge in [0, 0.05) is 12.1 Å². The average Bonchev–Trinajstić information content (AvgIpc) is 2.30. The highest BCUT2D eigenvalue weighted by atomic mass is 16.2. The number of imide groups is 2. The quantitative estimate of drug-likeness (QED) is 0.750. The molecule has 0 bridgehead atoms. The van der Waals surface area contributed by atoms with E-state index in [4.69, 9.17) is 0 Å². The lowest BCUT2D eigenvalue weighted by atomic mass is 9.96. The zero-order valence-corrected chi connectivity index (χ0v) is 12.3. The van der Waals surface area contributed by atoms with Crippen LogP contribution in [0.3, 0.4) is 0 Å². The van der Waals surface area contributed by atoms with Gasteiger partial charge in [0.15, 0.2) is 0 Å². The average molecular weight is 269 g/mol. The summed E-state index contributed by atoms with van der Waals surface area (Å²) in [4.78, 5) is 38.8. The summed E-state index contributed by atoms with van der Waals surface area (Å²) in [7, 11) is 3.78. The van der Waals surface area contributed by atoms with Crippen molar-refractivity contribution in [2.24, 2.45) is 5.92 Å². The van der Waals surface area contributed by atoms with Gasteiger partial charge in [0.2, 0.25) is 11.8 Å². The van der Waals surface area contributed by atoms with E-state index in [9.17, 15) is 14.4 Å². The summed E-state index contributed by atoms with van der Waals surface area (Å²) in [6.07, 6.45) is 1.19. The Morgan fingerprint density at radius 1 is 1.26 bits per heavy atom. The van der Waals surface area contributed by atoms with E-state index in [-0.39, 0.29) is 18.0 Å². The first-order valence-electron chi connectivity index (χ1n) is 6.54. The molecule has 1 saturated heterocycles. The molecule has 0 aromatic rings. The van der Waals surface area contributed by atoms with Crippen molar-refractivity contribution >= 4 is 17.8 Å². The molecule has 0 radical (unpaired) electrons. The number of carbonyl (C=O) groups is 3. The molecule has 108 valence electrons. The van der Waals surface area contributed by atoms with Gasteiger partial charge in [-0.15, -0.1) is 0 Å². The molecule has 1 heterocycles. The van der Waals surface area contributed by atoms with Gasteiger partial charge in [0.1, 0.15) is 5.92 Å². The Kier molecular flexibility index (Phi) is 4.68. The maximum Gasteiger partial charge on any atom is 0.330 e. The van der Waals surface area contributed by atoms with Crippen LogP contribution in [-0.2, 0) is 9.59 Å². The Morgan fingerprint density at radius 2 is 1.84 bits per heavy atom. The number of hydrogen-bond acceptors (Lipinski definition) is 4. The maximum absolute atomic E-state index is 12.3. The third kappa shape index (κ3) is 3.32. The number of barbiturate groups is 1. The molecule has 0 aromatic heterocycles. The third-order valence-electron chi connectivity index (χ3n) is 3.69. The normalized spacial score (nSPS) is 21.1. The standard InChI is InChI=1S/C13H23N3O3/c1-6-7-9-10(17)14-12(19)16(11(9)18)8-13(2,3)15(4)5/h9H,6-8H2,1-5H3,(H,14,17,19). The first-order valence-corrected chi connectivity index (χ1v) is 6.54. The summed E-state index contributed by atoms with van der Waals surface area (Å²) in [5.74, 6) is -1.60. The predicted octanol–water partition coefficient (Wildman–Crippen LogP) is 0.821. The van der Waals surface area contributed by atoms with Gasteiger partial charge in [-0.05, 0) is 34.4 Å². The van der Waals surface area contributed by atoms with Crippen LogP contribution >= 0.6 is 0 Å². The topological polar surface area (TPSA) is 69.7 Å². The number of rotatable bonds is 5. The molecule has 1 atom stereocenters. The minimum atomic E-state index is -0.735. The lowest BCUT2D eigenvalue weighted by Gasteiger charge is -2.39. The minimum absolute atomic E-state index is 0.262. The van der Waals surface area contributed by atoms with Crippen molar-refractivity contribution in [3.63, 3.8) is 0 Å². The molecule has 4 amide bonds. The Bertz CT molecular complexity index is 391. The minimum Gasteiger partial charge on any atom is -0.302 e. The van der Waals surface area contributed by atoms with Crippen LogP contribution in [0.2, 0.25) is 0 Å². The number of urea groups is 1. The van der Waals surface area contributed by atoms with Crippen LogP contribution in [0.5, 0.6) is 0 Å². The Morgan fingerprint density at radius 3 is 2.32 bits per heavy atom. The first-order chi connectivity index (χ1) is 8.70. The Labute approximate surface area is 114 Å². The van der Waals surface area contributed by atoms with E-state index in [1.54, 1.807) is 0 Å². The van der Waals surface area contributed by atoms with Gasteiger partial charge >= 0.3 is 6.03 Å². The fraction of sp³-hybridized carbons (Fsp3) is 0.769. The molecule has 0 spiro atoms. The van der Waals surface area contributed by atoms with E-state index in [1.807, 2.05) is 39.8 Å². The van der Waals surface area contributed by atoms with Gasteiger partial charge in [0.05, 0.1) is 0 Å². The first kappa shape index (κ1) is 15.6. The van der Waals surface area contributed by atoms with Crippen LogP contribution in [0.25, 0.3) is 0 Å². The fourth-order valence-electron chi connectivity index (χ4n) is 1.88. The number of nitrogens with one attached hydrogen (secondary N) is 1. The van der Waals surface area contributed by atoms with Crippen molar-refractivity contribution < 1.29 is 14.4 Å². The summed E-state index contributed by atoms with van der Waals surface area (Å²) in [6, 6.07) is -0.614. The Balaban J connectivity index is 2.90. The third-order valence-corrected chi connectivity index (χ3v) is 3.69. The van der Waals surface area contributed by atoms with E-state index >= 15 is 0 Å². The summed E-state index contributed by atoms with van der Waals surface area (Å²) in [5, 5.41) is 2.26. The second kappa shape index (κ2) is 5.69. The number of carbonyl (C=O) groups excluding carboxylic acids is 3. The van der Waals surface area contributed by atoms with Crippen LogP contribution in [0.4, 0.5) is 4.79 Å². The van der Waals surface area contributed by atoms with Crippen molar-refractivity contribution in [2.75, 3.05) is 20.6 Å². The molecule has 1 unspecified atom stereocenters. The molecule has 6 heteroatoms. The molecule has 1 fully saturated rings. The molecule has 0 aromatic carbocycles. The highest BCUT2D eigenvalue weighted by Crippen LogP contribution is 2.20. The molecule has 19 heavy (non-hydrogen) atoms. The van der Waals surface area contributed by atoms with Gasteiger partial charge in [-0.2, -0.15) is 0 Å². The molecule has 0 aliphatic carbocycles. The lowest BCUT2D eigenvalue weighted by Crippen LogP contribution is -2.62. The van der Waals surface area contributed by atoms with E-state index < -0.39 is 17.9 Å². The van der Waals surface area contributed by atoms with E-state index in [1.165, 1.54) is 0 Å². The van der Waals surface area contributed by atoms with E-state index in [0.717, 1.165) is 11.3 Å². The SMILES string of the molecule is CCCC1C(=O)NC(=O)N(CC(C)(C)N(C)C)C1=O. The van der Waals surface area contributed by atoms with Crippen LogP contribution in [0, 0.1) is 5.92 Å². The molecule has 1 N–H and O–H groups in total. The molecular formula is C13H23N3O3. The predicted molar refractivity (Wildman–Crippen MR) is 71.4 cm³/mol. The number of amides is 4. The monoisotopic (exact) mass is 269 g/mol. The second-order valence-electron chi connectivity index (χ2n) is 5.77. The van der Waals surface area contributed by atoms with Gasteiger partial charge in [0.25, 0.3) is 0 Å². The van der Waals surface area contributed by atoms with Crippen molar-refractivity contribution in [2.45, 2.75) is 39.2 Å². The van der Waals surface area contributed by atoms with Crippen molar-refractivity contribution in [1.29, 1.82) is 0 Å². The van der Waals surface area contributed by atoms with Crippen LogP contribution in [0.1, 0.15) is 33.6 Å². The van der Waals surface area contributed by atoms with Crippen LogP contribution in [-0.4, -0.2) is 53.8 Å². The van der Waals surface area contributed by atoms with Crippen LogP contribution in [0.15, 0.2) is 0 Å². The lowest BCUT2D eigenvalue weighted by molar-refractivity contribution is -0.143. The summed E-state index contributed by atoms with van der Waals surface area (Å²) in [6.45, 7) is 6.06. The van der Waals surface area contributed by atoms with Crippen molar-refractivity contribution in [3.05, 3.63) is 0 Å². The zero-order valence-electron chi connectivity index (χ0n) is 12.3. The van der Waals surface area contributed by atoms with Gasteiger partial charge in [-0.1, -0.05) is 13.3 Å².